The maximum absolute atomic E-state index is 12.4. The highest BCUT2D eigenvalue weighted by Gasteiger charge is 2.33. The van der Waals surface area contributed by atoms with E-state index < -0.39 is 5.60 Å². The van der Waals surface area contributed by atoms with Crippen molar-refractivity contribution in [3.63, 3.8) is 0 Å². The van der Waals surface area contributed by atoms with E-state index >= 15 is 0 Å². The van der Waals surface area contributed by atoms with Gasteiger partial charge in [0.1, 0.15) is 0 Å². The maximum Gasteiger partial charge on any atom is 0.255 e. The largest absolute Gasteiger partial charge is 0.398 e. The number of likely N-dealkylation sites (N-methyl/N-ethyl adjacent to an activating group) is 1. The zero-order valence-corrected chi connectivity index (χ0v) is 12.6. The molecule has 1 aliphatic carbocycles. The highest BCUT2D eigenvalue weighted by Crippen LogP contribution is 2.30. The molecular formula is C14H19BrN2O2. The van der Waals surface area contributed by atoms with Crippen LogP contribution in [0.1, 0.15) is 36.0 Å². The van der Waals surface area contributed by atoms with E-state index in [0.717, 1.165) is 30.2 Å². The molecule has 0 heterocycles. The highest BCUT2D eigenvalue weighted by atomic mass is 79.9. The van der Waals surface area contributed by atoms with E-state index in [-0.39, 0.29) is 5.91 Å². The van der Waals surface area contributed by atoms with Gasteiger partial charge in [0.2, 0.25) is 0 Å². The molecule has 0 bridgehead atoms. The lowest BCUT2D eigenvalue weighted by atomic mass is 10.0. The van der Waals surface area contributed by atoms with E-state index in [4.69, 9.17) is 5.73 Å². The lowest BCUT2D eigenvalue weighted by molar-refractivity contribution is 0.0157. The number of nitrogens with two attached hydrogens (primary N) is 1. The topological polar surface area (TPSA) is 66.6 Å². The van der Waals surface area contributed by atoms with Crippen LogP contribution in [0.5, 0.6) is 0 Å². The van der Waals surface area contributed by atoms with Crippen LogP contribution in [-0.4, -0.2) is 35.1 Å². The molecular weight excluding hydrogens is 308 g/mol. The first-order valence-corrected chi connectivity index (χ1v) is 7.23. The van der Waals surface area contributed by atoms with E-state index in [9.17, 15) is 9.90 Å². The third kappa shape index (κ3) is 3.28. The number of hydrogen-bond acceptors (Lipinski definition) is 3. The number of amides is 1. The van der Waals surface area contributed by atoms with Crippen molar-refractivity contribution in [2.45, 2.75) is 31.3 Å². The number of rotatable bonds is 3. The summed E-state index contributed by atoms with van der Waals surface area (Å²) in [5.74, 6) is -0.154. The molecule has 104 valence electrons. The SMILES string of the molecule is CN(CC1(O)CCCC1)C(=O)c1cc(Br)ccc1N. The lowest BCUT2D eigenvalue weighted by Gasteiger charge is -2.29. The fraction of sp³-hybridized carbons (Fsp3) is 0.500. The molecule has 0 aliphatic heterocycles. The van der Waals surface area contributed by atoms with Crippen LogP contribution in [0.15, 0.2) is 22.7 Å². The van der Waals surface area contributed by atoms with Gasteiger partial charge in [-0.25, -0.2) is 0 Å². The molecule has 1 aliphatic rings. The van der Waals surface area contributed by atoms with Gasteiger partial charge < -0.3 is 15.7 Å². The Bertz CT molecular complexity index is 484. The third-order valence-electron chi connectivity index (χ3n) is 3.66. The molecule has 0 aromatic heterocycles. The second-order valence-corrected chi connectivity index (χ2v) is 6.24. The molecule has 1 aromatic carbocycles. The predicted octanol–water partition coefficient (Wildman–Crippen LogP) is 2.41. The van der Waals surface area contributed by atoms with Crippen molar-refractivity contribution in [1.82, 2.24) is 4.90 Å². The average molecular weight is 327 g/mol. The Balaban J connectivity index is 2.12. The first-order valence-electron chi connectivity index (χ1n) is 6.44. The first kappa shape index (κ1) is 14.3. The zero-order chi connectivity index (χ0) is 14.0. The molecule has 1 aromatic rings. The summed E-state index contributed by atoms with van der Waals surface area (Å²) < 4.78 is 0.818. The number of halogens is 1. The summed E-state index contributed by atoms with van der Waals surface area (Å²) in [7, 11) is 1.71. The number of aliphatic hydroxyl groups is 1. The summed E-state index contributed by atoms with van der Waals surface area (Å²) in [5.41, 5.74) is 6.04. The number of anilines is 1. The summed E-state index contributed by atoms with van der Waals surface area (Å²) in [6.45, 7) is 0.359. The van der Waals surface area contributed by atoms with Crippen molar-refractivity contribution < 1.29 is 9.90 Å². The quantitative estimate of drug-likeness (QED) is 0.838. The minimum Gasteiger partial charge on any atom is -0.398 e. The molecule has 0 atom stereocenters. The lowest BCUT2D eigenvalue weighted by Crippen LogP contribution is -2.42. The van der Waals surface area contributed by atoms with Gasteiger partial charge in [-0.15, -0.1) is 0 Å². The van der Waals surface area contributed by atoms with Gasteiger partial charge in [-0.2, -0.15) is 0 Å². The molecule has 0 saturated heterocycles. The smallest absolute Gasteiger partial charge is 0.255 e. The van der Waals surface area contributed by atoms with Crippen molar-refractivity contribution in [1.29, 1.82) is 0 Å². The van der Waals surface area contributed by atoms with Crippen LogP contribution >= 0.6 is 15.9 Å². The minimum absolute atomic E-state index is 0.154. The van der Waals surface area contributed by atoms with Gasteiger partial charge in [-0.1, -0.05) is 28.8 Å². The van der Waals surface area contributed by atoms with Crippen molar-refractivity contribution in [2.24, 2.45) is 0 Å². The minimum atomic E-state index is -0.731. The molecule has 2 rings (SSSR count). The summed E-state index contributed by atoms with van der Waals surface area (Å²) in [5, 5.41) is 10.3. The van der Waals surface area contributed by atoms with E-state index in [2.05, 4.69) is 15.9 Å². The Kier molecular flexibility index (Phi) is 4.16. The van der Waals surface area contributed by atoms with Crippen molar-refractivity contribution in [2.75, 3.05) is 19.3 Å². The number of hydrogen-bond donors (Lipinski definition) is 2. The van der Waals surface area contributed by atoms with Crippen molar-refractivity contribution >= 4 is 27.5 Å². The van der Waals surface area contributed by atoms with Crippen molar-refractivity contribution in [3.05, 3.63) is 28.2 Å². The normalized spacial score (nSPS) is 17.4. The Morgan fingerprint density at radius 1 is 1.47 bits per heavy atom. The van der Waals surface area contributed by atoms with Crippen molar-refractivity contribution in [3.8, 4) is 0 Å². The molecule has 0 spiro atoms. The van der Waals surface area contributed by atoms with E-state index in [1.54, 1.807) is 30.1 Å². The Morgan fingerprint density at radius 3 is 2.74 bits per heavy atom. The molecule has 4 nitrogen and oxygen atoms in total. The molecule has 1 saturated carbocycles. The first-order chi connectivity index (χ1) is 8.91. The molecule has 0 unspecified atom stereocenters. The standard InChI is InChI=1S/C14H19BrN2O2/c1-17(9-14(19)6-2-3-7-14)13(18)11-8-10(15)4-5-12(11)16/h4-5,8,19H,2-3,6-7,9,16H2,1H3. The molecule has 1 fully saturated rings. The fourth-order valence-electron chi connectivity index (χ4n) is 2.62. The Labute approximate surface area is 121 Å². The van der Waals surface area contributed by atoms with Crippen LogP contribution in [-0.2, 0) is 0 Å². The molecule has 5 heteroatoms. The molecule has 1 amide bonds. The monoisotopic (exact) mass is 326 g/mol. The van der Waals surface area contributed by atoms with E-state index in [1.807, 2.05) is 0 Å². The summed E-state index contributed by atoms with van der Waals surface area (Å²) in [4.78, 5) is 13.9. The van der Waals surface area contributed by atoms with Gasteiger partial charge in [-0.3, -0.25) is 4.79 Å². The molecule has 19 heavy (non-hydrogen) atoms. The third-order valence-corrected chi connectivity index (χ3v) is 4.15. The maximum atomic E-state index is 12.4. The zero-order valence-electron chi connectivity index (χ0n) is 11.0. The summed E-state index contributed by atoms with van der Waals surface area (Å²) >= 11 is 3.34. The second-order valence-electron chi connectivity index (χ2n) is 5.32. The van der Waals surface area contributed by atoms with Gasteiger partial charge in [0.05, 0.1) is 11.2 Å². The second kappa shape index (κ2) is 5.51. The number of nitrogens with zero attached hydrogens (tertiary/aromatic N) is 1. The Hall–Kier alpha value is -1.07. The summed E-state index contributed by atoms with van der Waals surface area (Å²) in [6.07, 6.45) is 3.58. The number of nitrogen functional groups attached to an aromatic ring is 1. The van der Waals surface area contributed by atoms with Crippen LogP contribution in [0.3, 0.4) is 0 Å². The molecule has 3 N–H and O–H groups in total. The number of carbonyl (C=O) groups excluding carboxylic acids is 1. The van der Waals surface area contributed by atoms with Crippen LogP contribution in [0.2, 0.25) is 0 Å². The van der Waals surface area contributed by atoms with Gasteiger partial charge in [-0.05, 0) is 31.0 Å². The van der Waals surface area contributed by atoms with Gasteiger partial charge in [0.15, 0.2) is 0 Å². The van der Waals surface area contributed by atoms with Crippen LogP contribution in [0.4, 0.5) is 5.69 Å². The number of benzene rings is 1. The van der Waals surface area contributed by atoms with Gasteiger partial charge in [0, 0.05) is 23.8 Å². The Morgan fingerprint density at radius 2 is 2.11 bits per heavy atom. The highest BCUT2D eigenvalue weighted by molar-refractivity contribution is 9.10. The van der Waals surface area contributed by atoms with E-state index in [1.165, 1.54) is 0 Å². The van der Waals surface area contributed by atoms with E-state index in [0.29, 0.717) is 17.8 Å². The van der Waals surface area contributed by atoms with Crippen LogP contribution in [0.25, 0.3) is 0 Å². The summed E-state index contributed by atoms with van der Waals surface area (Å²) in [6, 6.07) is 5.22. The fourth-order valence-corrected chi connectivity index (χ4v) is 2.98. The van der Waals surface area contributed by atoms with Gasteiger partial charge in [0.25, 0.3) is 5.91 Å². The molecule has 0 radical (unpaired) electrons. The van der Waals surface area contributed by atoms with Crippen LogP contribution in [0, 0.1) is 0 Å². The van der Waals surface area contributed by atoms with Crippen LogP contribution < -0.4 is 5.73 Å². The van der Waals surface area contributed by atoms with Gasteiger partial charge >= 0.3 is 0 Å². The average Bonchev–Trinajstić information content (AvgIpc) is 2.78. The number of carbonyl (C=O) groups is 1. The predicted molar refractivity (Wildman–Crippen MR) is 78.9 cm³/mol.